The van der Waals surface area contributed by atoms with Crippen LogP contribution in [0.2, 0.25) is 0 Å². The third-order valence-electron chi connectivity index (χ3n) is 5.63. The van der Waals surface area contributed by atoms with E-state index in [1.54, 1.807) is 0 Å². The summed E-state index contributed by atoms with van der Waals surface area (Å²) in [6.45, 7) is 0.476. The molecule has 0 radical (unpaired) electrons. The van der Waals surface area contributed by atoms with Gasteiger partial charge >= 0.3 is 6.03 Å². The Labute approximate surface area is 164 Å². The molecule has 1 aromatic carbocycles. The summed E-state index contributed by atoms with van der Waals surface area (Å²) < 4.78 is 5.55. The van der Waals surface area contributed by atoms with Gasteiger partial charge < -0.3 is 20.9 Å². The van der Waals surface area contributed by atoms with Gasteiger partial charge in [0.15, 0.2) is 5.82 Å². The van der Waals surface area contributed by atoms with Crippen molar-refractivity contribution in [2.45, 2.75) is 62.6 Å². The van der Waals surface area contributed by atoms with Crippen LogP contribution in [0, 0.1) is 0 Å². The molecule has 146 valence electrons. The number of rotatable bonds is 5. The van der Waals surface area contributed by atoms with Crippen LogP contribution in [0.1, 0.15) is 62.2 Å². The van der Waals surface area contributed by atoms with Crippen molar-refractivity contribution in [1.82, 2.24) is 20.8 Å². The minimum Gasteiger partial charge on any atom is -0.337 e. The smallest absolute Gasteiger partial charge is 0.315 e. The molecule has 2 amide bonds. The largest absolute Gasteiger partial charge is 0.337 e. The second-order valence-corrected chi connectivity index (χ2v) is 7.52. The monoisotopic (exact) mass is 391 g/mol. The SMILES string of the molecule is Cl.NC1(c2noc(C3(NC(=O)NCc4ccccc4)CCCC3)n2)CCC1. The molecular weight excluding hydrogens is 366 g/mol. The second-order valence-electron chi connectivity index (χ2n) is 7.52. The fourth-order valence-corrected chi connectivity index (χ4v) is 3.81. The van der Waals surface area contributed by atoms with E-state index in [1.807, 2.05) is 30.3 Å². The molecule has 0 unspecified atom stereocenters. The number of amides is 2. The average molecular weight is 392 g/mol. The summed E-state index contributed by atoms with van der Waals surface area (Å²) in [4.78, 5) is 17.1. The van der Waals surface area contributed by atoms with E-state index in [0.717, 1.165) is 50.5 Å². The molecule has 2 aliphatic rings. The third-order valence-corrected chi connectivity index (χ3v) is 5.63. The number of carbonyl (C=O) groups excluding carboxylic acids is 1. The quantitative estimate of drug-likeness (QED) is 0.726. The molecule has 2 fully saturated rings. The van der Waals surface area contributed by atoms with Gasteiger partial charge in [-0.25, -0.2) is 4.79 Å². The summed E-state index contributed by atoms with van der Waals surface area (Å²) in [6.07, 6.45) is 6.48. The molecule has 2 saturated carbocycles. The maximum Gasteiger partial charge on any atom is 0.315 e. The fraction of sp³-hybridized carbons (Fsp3) is 0.526. The first-order valence-corrected chi connectivity index (χ1v) is 9.33. The number of hydrogen-bond donors (Lipinski definition) is 3. The Kier molecular flexibility index (Phi) is 5.72. The van der Waals surface area contributed by atoms with Crippen LogP contribution in [0.3, 0.4) is 0 Å². The number of benzene rings is 1. The van der Waals surface area contributed by atoms with Crippen LogP contribution in [0.4, 0.5) is 4.79 Å². The molecule has 2 aromatic rings. The zero-order chi connectivity index (χ0) is 18.0. The molecule has 4 rings (SSSR count). The number of nitrogens with two attached hydrogens (primary N) is 1. The van der Waals surface area contributed by atoms with E-state index in [4.69, 9.17) is 10.3 Å². The Bertz CT molecular complexity index is 769. The van der Waals surface area contributed by atoms with Crippen molar-refractivity contribution in [2.75, 3.05) is 0 Å². The minimum absolute atomic E-state index is 0. The van der Waals surface area contributed by atoms with Gasteiger partial charge in [0.25, 0.3) is 5.89 Å². The minimum atomic E-state index is -0.591. The van der Waals surface area contributed by atoms with Crippen molar-refractivity contribution in [3.63, 3.8) is 0 Å². The number of urea groups is 1. The van der Waals surface area contributed by atoms with E-state index in [1.165, 1.54) is 0 Å². The first-order valence-electron chi connectivity index (χ1n) is 9.33. The summed E-state index contributed by atoms with van der Waals surface area (Å²) in [6, 6.07) is 9.61. The molecule has 2 aliphatic carbocycles. The van der Waals surface area contributed by atoms with E-state index in [0.29, 0.717) is 18.3 Å². The lowest BCUT2D eigenvalue weighted by atomic mass is 9.77. The Morgan fingerprint density at radius 1 is 1.11 bits per heavy atom. The molecule has 27 heavy (non-hydrogen) atoms. The van der Waals surface area contributed by atoms with Crippen LogP contribution in [0.5, 0.6) is 0 Å². The highest BCUT2D eigenvalue weighted by molar-refractivity contribution is 5.85. The van der Waals surface area contributed by atoms with E-state index in [-0.39, 0.29) is 18.4 Å². The highest BCUT2D eigenvalue weighted by Gasteiger charge is 2.45. The van der Waals surface area contributed by atoms with Crippen LogP contribution in [-0.2, 0) is 17.6 Å². The van der Waals surface area contributed by atoms with Gasteiger partial charge in [0.1, 0.15) is 5.54 Å². The molecule has 0 bridgehead atoms. The Hall–Kier alpha value is -2.12. The van der Waals surface area contributed by atoms with E-state index in [9.17, 15) is 4.79 Å². The van der Waals surface area contributed by atoms with Crippen LogP contribution in [0.15, 0.2) is 34.9 Å². The van der Waals surface area contributed by atoms with Crippen LogP contribution in [0.25, 0.3) is 0 Å². The van der Waals surface area contributed by atoms with Crippen molar-refractivity contribution < 1.29 is 9.32 Å². The summed E-state index contributed by atoms with van der Waals surface area (Å²) in [5.74, 6) is 1.05. The number of carbonyl (C=O) groups is 1. The topological polar surface area (TPSA) is 106 Å². The van der Waals surface area contributed by atoms with Gasteiger partial charge in [-0.3, -0.25) is 0 Å². The number of nitrogens with zero attached hydrogens (tertiary/aromatic N) is 2. The van der Waals surface area contributed by atoms with E-state index < -0.39 is 11.1 Å². The lowest BCUT2D eigenvalue weighted by molar-refractivity contribution is 0.202. The number of aromatic nitrogens is 2. The fourth-order valence-electron chi connectivity index (χ4n) is 3.81. The Balaban J connectivity index is 0.00000210. The van der Waals surface area contributed by atoms with Crippen molar-refractivity contribution in [1.29, 1.82) is 0 Å². The summed E-state index contributed by atoms with van der Waals surface area (Å²) in [5, 5.41) is 10.1. The number of nitrogens with one attached hydrogen (secondary N) is 2. The zero-order valence-electron chi connectivity index (χ0n) is 15.2. The lowest BCUT2D eigenvalue weighted by Crippen LogP contribution is -2.49. The predicted octanol–water partition coefficient (Wildman–Crippen LogP) is 3.10. The normalized spacial score (nSPS) is 19.6. The molecule has 0 aliphatic heterocycles. The number of halogens is 1. The van der Waals surface area contributed by atoms with Crippen LogP contribution < -0.4 is 16.4 Å². The molecule has 1 aromatic heterocycles. The molecule has 7 nitrogen and oxygen atoms in total. The van der Waals surface area contributed by atoms with E-state index >= 15 is 0 Å². The first kappa shape index (κ1) is 19.6. The molecule has 1 heterocycles. The molecule has 0 atom stereocenters. The van der Waals surface area contributed by atoms with Gasteiger partial charge in [0, 0.05) is 6.54 Å². The second kappa shape index (κ2) is 7.86. The van der Waals surface area contributed by atoms with Crippen molar-refractivity contribution in [2.24, 2.45) is 5.73 Å². The van der Waals surface area contributed by atoms with Crippen molar-refractivity contribution in [3.8, 4) is 0 Å². The van der Waals surface area contributed by atoms with Gasteiger partial charge in [-0.2, -0.15) is 4.98 Å². The summed E-state index contributed by atoms with van der Waals surface area (Å²) in [7, 11) is 0. The van der Waals surface area contributed by atoms with Gasteiger partial charge in [-0.05, 0) is 37.7 Å². The zero-order valence-corrected chi connectivity index (χ0v) is 16.1. The lowest BCUT2D eigenvalue weighted by Gasteiger charge is -2.34. The van der Waals surface area contributed by atoms with E-state index in [2.05, 4.69) is 20.8 Å². The molecule has 4 N–H and O–H groups in total. The molecule has 0 saturated heterocycles. The summed E-state index contributed by atoms with van der Waals surface area (Å²) in [5.41, 5.74) is 6.31. The van der Waals surface area contributed by atoms with Gasteiger partial charge in [0.05, 0.1) is 5.54 Å². The third kappa shape index (κ3) is 3.94. The summed E-state index contributed by atoms with van der Waals surface area (Å²) >= 11 is 0. The molecule has 8 heteroatoms. The highest BCUT2D eigenvalue weighted by atomic mass is 35.5. The van der Waals surface area contributed by atoms with Crippen molar-refractivity contribution in [3.05, 3.63) is 47.6 Å². The van der Waals surface area contributed by atoms with Gasteiger partial charge in [-0.1, -0.05) is 48.3 Å². The average Bonchev–Trinajstić information content (AvgIpc) is 3.29. The highest BCUT2D eigenvalue weighted by Crippen LogP contribution is 2.41. The number of hydrogen-bond acceptors (Lipinski definition) is 5. The Morgan fingerprint density at radius 3 is 2.44 bits per heavy atom. The molecular formula is C19H26ClN5O2. The van der Waals surface area contributed by atoms with Gasteiger partial charge in [-0.15, -0.1) is 12.4 Å². The first-order chi connectivity index (χ1) is 12.6. The molecule has 0 spiro atoms. The predicted molar refractivity (Wildman–Crippen MR) is 103 cm³/mol. The van der Waals surface area contributed by atoms with Crippen LogP contribution >= 0.6 is 12.4 Å². The van der Waals surface area contributed by atoms with Crippen LogP contribution in [-0.4, -0.2) is 16.2 Å². The maximum absolute atomic E-state index is 12.5. The standard InChI is InChI=1S/C19H25N5O2.ClH/c20-18(9-6-10-18)15-22-16(26-24-15)19(11-4-5-12-19)23-17(25)21-13-14-7-2-1-3-8-14;/h1-3,7-8H,4-6,9-13,20H2,(H2,21,23,25);1H. The Morgan fingerprint density at radius 2 is 1.81 bits per heavy atom. The van der Waals surface area contributed by atoms with Crippen molar-refractivity contribution >= 4 is 18.4 Å². The maximum atomic E-state index is 12.5. The van der Waals surface area contributed by atoms with Gasteiger partial charge in [0.2, 0.25) is 0 Å².